The van der Waals surface area contributed by atoms with Crippen LogP contribution < -0.4 is 5.63 Å². The highest BCUT2D eigenvalue weighted by atomic mass is 32.2. The summed E-state index contributed by atoms with van der Waals surface area (Å²) < 4.78 is 69.2. The molecule has 9 heteroatoms. The standard InChI is InChI=1S/C16H8F5NO2S/c17-10-5-11-13(12(18)6-10)22-15(24-14(11)23)25-7-8-1-3-9(4-2-8)16(19,20)21/h1-6H,7H2. The second-order valence-electron chi connectivity index (χ2n) is 5.03. The van der Waals surface area contributed by atoms with Crippen LogP contribution in [0.5, 0.6) is 0 Å². The largest absolute Gasteiger partial charge is 0.416 e. The van der Waals surface area contributed by atoms with Gasteiger partial charge in [-0.05, 0) is 23.8 Å². The van der Waals surface area contributed by atoms with E-state index in [0.29, 0.717) is 11.6 Å². The van der Waals surface area contributed by atoms with Gasteiger partial charge in [-0.15, -0.1) is 0 Å². The van der Waals surface area contributed by atoms with Crippen molar-refractivity contribution in [2.24, 2.45) is 0 Å². The van der Waals surface area contributed by atoms with E-state index in [-0.39, 0.29) is 21.9 Å². The summed E-state index contributed by atoms with van der Waals surface area (Å²) in [5, 5.41) is -0.487. The summed E-state index contributed by atoms with van der Waals surface area (Å²) in [6.45, 7) is 0. The van der Waals surface area contributed by atoms with Crippen LogP contribution in [0.4, 0.5) is 22.0 Å². The maximum atomic E-state index is 13.7. The highest BCUT2D eigenvalue weighted by molar-refractivity contribution is 7.98. The third-order valence-corrected chi connectivity index (χ3v) is 4.17. The van der Waals surface area contributed by atoms with Crippen LogP contribution in [-0.4, -0.2) is 4.98 Å². The summed E-state index contributed by atoms with van der Waals surface area (Å²) in [4.78, 5) is 15.6. The molecule has 0 N–H and O–H groups in total. The van der Waals surface area contributed by atoms with Gasteiger partial charge in [0.2, 0.25) is 0 Å². The van der Waals surface area contributed by atoms with E-state index in [1.54, 1.807) is 0 Å². The molecule has 0 aliphatic heterocycles. The number of thioether (sulfide) groups is 1. The Bertz CT molecular complexity index is 983. The lowest BCUT2D eigenvalue weighted by molar-refractivity contribution is -0.137. The van der Waals surface area contributed by atoms with Crippen LogP contribution in [0.25, 0.3) is 10.9 Å². The molecular formula is C16H8F5NO2S. The SMILES string of the molecule is O=c1oc(SCc2ccc(C(F)(F)F)cc2)nc2c(F)cc(F)cc12. The Kier molecular flexibility index (Phi) is 4.51. The van der Waals surface area contributed by atoms with E-state index in [0.717, 1.165) is 30.0 Å². The van der Waals surface area contributed by atoms with Crippen molar-refractivity contribution >= 4 is 22.7 Å². The fourth-order valence-electron chi connectivity index (χ4n) is 2.08. The van der Waals surface area contributed by atoms with E-state index in [2.05, 4.69) is 4.98 Å². The van der Waals surface area contributed by atoms with Crippen LogP contribution in [0.15, 0.2) is 50.8 Å². The van der Waals surface area contributed by atoms with Gasteiger partial charge in [0.15, 0.2) is 5.82 Å². The van der Waals surface area contributed by atoms with E-state index < -0.39 is 29.0 Å². The zero-order valence-corrected chi connectivity index (χ0v) is 13.0. The number of alkyl halides is 3. The van der Waals surface area contributed by atoms with Gasteiger partial charge in [0.1, 0.15) is 11.3 Å². The average molecular weight is 373 g/mol. The van der Waals surface area contributed by atoms with Gasteiger partial charge in [-0.1, -0.05) is 23.9 Å². The molecule has 25 heavy (non-hydrogen) atoms. The van der Waals surface area contributed by atoms with Gasteiger partial charge >= 0.3 is 11.8 Å². The molecule has 3 rings (SSSR count). The minimum atomic E-state index is -4.43. The minimum absolute atomic E-state index is 0.155. The van der Waals surface area contributed by atoms with Crippen molar-refractivity contribution in [3.8, 4) is 0 Å². The van der Waals surface area contributed by atoms with Crippen LogP contribution in [0, 0.1) is 11.6 Å². The number of rotatable bonds is 3. The molecular weight excluding hydrogens is 365 g/mol. The molecule has 1 heterocycles. The Morgan fingerprint density at radius 1 is 1.08 bits per heavy atom. The fraction of sp³-hybridized carbons (Fsp3) is 0.125. The van der Waals surface area contributed by atoms with E-state index in [1.807, 2.05) is 0 Å². The Morgan fingerprint density at radius 2 is 1.76 bits per heavy atom. The second-order valence-corrected chi connectivity index (χ2v) is 5.96. The van der Waals surface area contributed by atoms with Gasteiger partial charge in [-0.2, -0.15) is 13.2 Å². The zero-order valence-electron chi connectivity index (χ0n) is 12.2. The summed E-state index contributed by atoms with van der Waals surface area (Å²) in [7, 11) is 0. The number of nitrogens with zero attached hydrogens (tertiary/aromatic N) is 1. The quantitative estimate of drug-likeness (QED) is 0.490. The Hall–Kier alpha value is -2.42. The molecule has 0 unspecified atom stereocenters. The molecule has 1 aromatic heterocycles. The molecule has 0 saturated carbocycles. The summed E-state index contributed by atoms with van der Waals surface area (Å²) >= 11 is 0.909. The van der Waals surface area contributed by atoms with Crippen molar-refractivity contribution < 1.29 is 26.4 Å². The van der Waals surface area contributed by atoms with Crippen LogP contribution in [0.3, 0.4) is 0 Å². The molecule has 0 bridgehead atoms. The van der Waals surface area contributed by atoms with E-state index in [4.69, 9.17) is 4.42 Å². The molecule has 0 saturated heterocycles. The zero-order chi connectivity index (χ0) is 18.2. The smallest absolute Gasteiger partial charge is 0.397 e. The van der Waals surface area contributed by atoms with E-state index >= 15 is 0 Å². The van der Waals surface area contributed by atoms with Crippen molar-refractivity contribution in [2.75, 3.05) is 0 Å². The topological polar surface area (TPSA) is 43.1 Å². The third-order valence-electron chi connectivity index (χ3n) is 3.27. The summed E-state index contributed by atoms with van der Waals surface area (Å²) in [6, 6.07) is 5.85. The van der Waals surface area contributed by atoms with Gasteiger partial charge in [0, 0.05) is 11.8 Å². The Balaban J connectivity index is 1.83. The number of benzene rings is 2. The van der Waals surface area contributed by atoms with Gasteiger partial charge in [0.25, 0.3) is 5.22 Å². The second kappa shape index (κ2) is 6.47. The first-order valence-corrected chi connectivity index (χ1v) is 7.81. The van der Waals surface area contributed by atoms with Gasteiger partial charge in [-0.3, -0.25) is 0 Å². The lowest BCUT2D eigenvalue weighted by Gasteiger charge is -2.07. The maximum Gasteiger partial charge on any atom is 0.416 e. The molecule has 130 valence electrons. The molecule has 3 aromatic rings. The number of hydrogen-bond acceptors (Lipinski definition) is 4. The monoisotopic (exact) mass is 373 g/mol. The summed E-state index contributed by atoms with van der Waals surface area (Å²) in [5.41, 5.74) is -1.52. The molecule has 0 amide bonds. The number of aromatic nitrogens is 1. The van der Waals surface area contributed by atoms with Crippen molar-refractivity contribution in [1.82, 2.24) is 4.98 Å². The summed E-state index contributed by atoms with van der Waals surface area (Å²) in [6.07, 6.45) is -4.43. The first-order valence-electron chi connectivity index (χ1n) is 6.83. The van der Waals surface area contributed by atoms with Crippen molar-refractivity contribution in [3.63, 3.8) is 0 Å². The lowest BCUT2D eigenvalue weighted by Crippen LogP contribution is -2.05. The molecule has 3 nitrogen and oxygen atoms in total. The summed E-state index contributed by atoms with van der Waals surface area (Å²) in [5.74, 6) is -1.77. The molecule has 0 spiro atoms. The van der Waals surface area contributed by atoms with Gasteiger partial charge < -0.3 is 4.42 Å². The highest BCUT2D eigenvalue weighted by Crippen LogP contribution is 2.30. The van der Waals surface area contributed by atoms with Crippen molar-refractivity contribution in [1.29, 1.82) is 0 Å². The average Bonchev–Trinajstić information content (AvgIpc) is 2.53. The van der Waals surface area contributed by atoms with Crippen LogP contribution in [-0.2, 0) is 11.9 Å². The predicted octanol–water partition coefficient (Wildman–Crippen LogP) is 4.78. The molecule has 0 atom stereocenters. The van der Waals surface area contributed by atoms with E-state index in [9.17, 15) is 26.7 Å². The third kappa shape index (κ3) is 3.81. The Morgan fingerprint density at radius 3 is 2.40 bits per heavy atom. The molecule has 0 aliphatic carbocycles. The molecule has 0 fully saturated rings. The maximum absolute atomic E-state index is 13.7. The van der Waals surface area contributed by atoms with Crippen LogP contribution >= 0.6 is 11.8 Å². The van der Waals surface area contributed by atoms with Crippen LogP contribution in [0.2, 0.25) is 0 Å². The number of hydrogen-bond donors (Lipinski definition) is 0. The Labute approximate surface area is 141 Å². The van der Waals surface area contributed by atoms with E-state index in [1.165, 1.54) is 12.1 Å². The molecule has 0 radical (unpaired) electrons. The van der Waals surface area contributed by atoms with Crippen molar-refractivity contribution in [3.05, 3.63) is 69.6 Å². The van der Waals surface area contributed by atoms with Crippen molar-refractivity contribution in [2.45, 2.75) is 17.2 Å². The first-order chi connectivity index (χ1) is 11.7. The normalized spacial score (nSPS) is 11.9. The number of fused-ring (bicyclic) bond motifs is 1. The first kappa shape index (κ1) is 17.4. The fourth-order valence-corrected chi connectivity index (χ4v) is 2.85. The minimum Gasteiger partial charge on any atom is -0.397 e. The van der Waals surface area contributed by atoms with Crippen LogP contribution in [0.1, 0.15) is 11.1 Å². The number of halogens is 5. The predicted molar refractivity (Wildman–Crippen MR) is 81.2 cm³/mol. The van der Waals surface area contributed by atoms with Gasteiger partial charge in [-0.25, -0.2) is 18.6 Å². The van der Waals surface area contributed by atoms with Gasteiger partial charge in [0.05, 0.1) is 10.9 Å². The highest BCUT2D eigenvalue weighted by Gasteiger charge is 2.29. The lowest BCUT2D eigenvalue weighted by atomic mass is 10.1. The molecule has 0 aliphatic rings. The molecule has 2 aromatic carbocycles.